The summed E-state index contributed by atoms with van der Waals surface area (Å²) in [7, 11) is 0. The van der Waals surface area contributed by atoms with Gasteiger partial charge in [0.1, 0.15) is 11.6 Å². The van der Waals surface area contributed by atoms with Gasteiger partial charge in [0.2, 0.25) is 0 Å². The Morgan fingerprint density at radius 2 is 1.91 bits per heavy atom. The summed E-state index contributed by atoms with van der Waals surface area (Å²) in [6.07, 6.45) is 4.79. The van der Waals surface area contributed by atoms with Crippen LogP contribution in [0.2, 0.25) is 0 Å². The Kier molecular flexibility index (Phi) is 3.46. The largest absolute Gasteiger partial charge is 0.358 e. The molecule has 1 aromatic heterocycles. The number of aromatic amines is 1. The summed E-state index contributed by atoms with van der Waals surface area (Å²) >= 11 is 0. The summed E-state index contributed by atoms with van der Waals surface area (Å²) in [5, 5.41) is 4.34. The second kappa shape index (κ2) is 5.63. The molecule has 0 spiro atoms. The summed E-state index contributed by atoms with van der Waals surface area (Å²) in [6.45, 7) is 0.848. The van der Waals surface area contributed by atoms with Crippen LogP contribution in [0.3, 0.4) is 0 Å². The van der Waals surface area contributed by atoms with E-state index in [0.717, 1.165) is 40.7 Å². The van der Waals surface area contributed by atoms with Gasteiger partial charge in [0.15, 0.2) is 0 Å². The zero-order chi connectivity index (χ0) is 15.8. The van der Waals surface area contributed by atoms with E-state index in [1.165, 1.54) is 18.2 Å². The van der Waals surface area contributed by atoms with Crippen molar-refractivity contribution in [2.45, 2.75) is 12.5 Å². The van der Waals surface area contributed by atoms with Crippen LogP contribution in [0.15, 0.2) is 48.5 Å². The minimum Gasteiger partial charge on any atom is -0.358 e. The molecule has 116 valence electrons. The number of rotatable bonds is 2. The summed E-state index contributed by atoms with van der Waals surface area (Å²) < 4.78 is 26.9. The maximum absolute atomic E-state index is 13.6. The third-order valence-electron chi connectivity index (χ3n) is 4.26. The van der Waals surface area contributed by atoms with Crippen LogP contribution in [0.4, 0.5) is 8.78 Å². The zero-order valence-electron chi connectivity index (χ0n) is 12.4. The summed E-state index contributed by atoms with van der Waals surface area (Å²) in [6, 6.07) is 11.3. The van der Waals surface area contributed by atoms with Crippen molar-refractivity contribution in [1.82, 2.24) is 10.3 Å². The highest BCUT2D eigenvalue weighted by Gasteiger charge is 2.22. The average Bonchev–Trinajstić information content (AvgIpc) is 2.91. The maximum Gasteiger partial charge on any atom is 0.123 e. The molecule has 23 heavy (non-hydrogen) atoms. The molecule has 2 heterocycles. The van der Waals surface area contributed by atoms with E-state index in [-0.39, 0.29) is 17.7 Å². The van der Waals surface area contributed by atoms with Gasteiger partial charge in [-0.05, 0) is 35.9 Å². The lowest BCUT2D eigenvalue weighted by Gasteiger charge is -2.22. The average molecular weight is 310 g/mol. The van der Waals surface area contributed by atoms with Crippen LogP contribution in [-0.4, -0.2) is 11.5 Å². The molecule has 0 radical (unpaired) electrons. The van der Waals surface area contributed by atoms with E-state index in [0.29, 0.717) is 0 Å². The number of hydrogen-bond donors (Lipinski definition) is 2. The molecule has 0 bridgehead atoms. The SMILES string of the molecule is Fc1cccc(C=CC2NCCc3[nH]c4ccc(F)cc4c32)c1. The van der Waals surface area contributed by atoms with Crippen molar-refractivity contribution in [3.05, 3.63) is 77.0 Å². The van der Waals surface area contributed by atoms with E-state index in [9.17, 15) is 8.78 Å². The van der Waals surface area contributed by atoms with E-state index in [4.69, 9.17) is 0 Å². The van der Waals surface area contributed by atoms with E-state index in [1.54, 1.807) is 18.2 Å². The predicted molar refractivity (Wildman–Crippen MR) is 88.1 cm³/mol. The fraction of sp³-hybridized carbons (Fsp3) is 0.158. The molecule has 0 fully saturated rings. The summed E-state index contributed by atoms with van der Waals surface area (Å²) in [5.74, 6) is -0.489. The minimum atomic E-state index is -0.251. The van der Waals surface area contributed by atoms with Crippen LogP contribution >= 0.6 is 0 Å². The smallest absolute Gasteiger partial charge is 0.123 e. The molecule has 1 aliphatic heterocycles. The molecule has 0 saturated carbocycles. The lowest BCUT2D eigenvalue weighted by atomic mass is 9.97. The molecule has 1 atom stereocenters. The van der Waals surface area contributed by atoms with Gasteiger partial charge in [-0.1, -0.05) is 24.3 Å². The van der Waals surface area contributed by atoms with Gasteiger partial charge in [-0.25, -0.2) is 8.78 Å². The number of fused-ring (bicyclic) bond motifs is 3. The van der Waals surface area contributed by atoms with E-state index in [1.807, 2.05) is 18.2 Å². The van der Waals surface area contributed by atoms with Gasteiger partial charge in [0.05, 0.1) is 6.04 Å². The first-order valence-electron chi connectivity index (χ1n) is 7.68. The molecule has 1 aliphatic rings. The highest BCUT2D eigenvalue weighted by molar-refractivity contribution is 5.86. The Morgan fingerprint density at radius 1 is 1.04 bits per heavy atom. The van der Waals surface area contributed by atoms with Gasteiger partial charge in [-0.15, -0.1) is 0 Å². The van der Waals surface area contributed by atoms with E-state index >= 15 is 0 Å². The predicted octanol–water partition coefficient (Wildman–Crippen LogP) is 4.35. The Morgan fingerprint density at radius 3 is 2.78 bits per heavy atom. The van der Waals surface area contributed by atoms with Crippen LogP contribution in [-0.2, 0) is 6.42 Å². The minimum absolute atomic E-state index is 0.0161. The van der Waals surface area contributed by atoms with Crippen LogP contribution in [0, 0.1) is 11.6 Å². The molecule has 4 rings (SSSR count). The molecule has 2 nitrogen and oxygen atoms in total. The van der Waals surface area contributed by atoms with Gasteiger partial charge in [-0.3, -0.25) is 0 Å². The standard InChI is InChI=1S/C19H16F2N2/c20-13-3-1-2-12(10-13)4-6-17-19-15-11-14(21)5-7-16(15)23-18(19)8-9-22-17/h1-7,10-11,17,22-23H,8-9H2. The van der Waals surface area contributed by atoms with Gasteiger partial charge < -0.3 is 10.3 Å². The van der Waals surface area contributed by atoms with Crippen molar-refractivity contribution >= 4 is 17.0 Å². The van der Waals surface area contributed by atoms with Gasteiger partial charge >= 0.3 is 0 Å². The molecule has 0 aliphatic carbocycles. The van der Waals surface area contributed by atoms with Crippen LogP contribution < -0.4 is 5.32 Å². The molecule has 0 saturated heterocycles. The Balaban J connectivity index is 1.75. The molecule has 2 aromatic carbocycles. The first kappa shape index (κ1) is 14.2. The summed E-state index contributed by atoms with van der Waals surface area (Å²) in [4.78, 5) is 3.38. The molecule has 0 amide bonds. The van der Waals surface area contributed by atoms with Gasteiger partial charge in [0, 0.05) is 35.1 Å². The van der Waals surface area contributed by atoms with Crippen molar-refractivity contribution in [1.29, 1.82) is 0 Å². The maximum atomic E-state index is 13.6. The van der Waals surface area contributed by atoms with Crippen LogP contribution in [0.25, 0.3) is 17.0 Å². The monoisotopic (exact) mass is 310 g/mol. The molecular weight excluding hydrogens is 294 g/mol. The third-order valence-corrected chi connectivity index (χ3v) is 4.26. The van der Waals surface area contributed by atoms with E-state index < -0.39 is 0 Å². The van der Waals surface area contributed by atoms with Gasteiger partial charge in [-0.2, -0.15) is 0 Å². The number of halogens is 2. The first-order valence-corrected chi connectivity index (χ1v) is 7.68. The van der Waals surface area contributed by atoms with E-state index in [2.05, 4.69) is 10.3 Å². The second-order valence-electron chi connectivity index (χ2n) is 5.80. The number of H-pyrrole nitrogens is 1. The number of aromatic nitrogens is 1. The molecule has 2 N–H and O–H groups in total. The van der Waals surface area contributed by atoms with Crippen molar-refractivity contribution in [3.63, 3.8) is 0 Å². The Bertz CT molecular complexity index is 896. The number of nitrogens with one attached hydrogen (secondary N) is 2. The Labute approximate surface area is 132 Å². The first-order chi connectivity index (χ1) is 11.2. The van der Waals surface area contributed by atoms with Crippen LogP contribution in [0.5, 0.6) is 0 Å². The molecule has 3 aromatic rings. The van der Waals surface area contributed by atoms with Crippen molar-refractivity contribution in [3.8, 4) is 0 Å². The topological polar surface area (TPSA) is 27.8 Å². The van der Waals surface area contributed by atoms with Crippen LogP contribution in [0.1, 0.15) is 22.9 Å². The highest BCUT2D eigenvalue weighted by Crippen LogP contribution is 2.32. The molecule has 1 unspecified atom stereocenters. The zero-order valence-corrected chi connectivity index (χ0v) is 12.4. The summed E-state index contributed by atoms with van der Waals surface area (Å²) in [5.41, 5.74) is 3.98. The fourth-order valence-corrected chi connectivity index (χ4v) is 3.23. The van der Waals surface area contributed by atoms with Crippen molar-refractivity contribution < 1.29 is 8.78 Å². The van der Waals surface area contributed by atoms with Crippen molar-refractivity contribution in [2.24, 2.45) is 0 Å². The molecule has 4 heteroatoms. The quantitative estimate of drug-likeness (QED) is 0.724. The molecular formula is C19H16F2N2. The van der Waals surface area contributed by atoms with Crippen molar-refractivity contribution in [2.75, 3.05) is 6.54 Å². The fourth-order valence-electron chi connectivity index (χ4n) is 3.23. The Hall–Kier alpha value is -2.46. The lowest BCUT2D eigenvalue weighted by Crippen LogP contribution is -2.28. The number of hydrogen-bond acceptors (Lipinski definition) is 1. The number of benzene rings is 2. The lowest BCUT2D eigenvalue weighted by molar-refractivity contribution is 0.581. The third kappa shape index (κ3) is 2.66. The second-order valence-corrected chi connectivity index (χ2v) is 5.80. The van der Waals surface area contributed by atoms with Gasteiger partial charge in [0.25, 0.3) is 0 Å². The normalized spacial score (nSPS) is 17.7. The highest BCUT2D eigenvalue weighted by atomic mass is 19.1.